The Balaban J connectivity index is 1.62. The Bertz CT molecular complexity index is 913. The molecule has 3 aliphatic rings. The summed E-state index contributed by atoms with van der Waals surface area (Å²) in [6, 6.07) is 8.76. The largest absolute Gasteiger partial charge is 0.396 e. The predicted octanol–water partition coefficient (Wildman–Crippen LogP) is 3.19. The van der Waals surface area contributed by atoms with Crippen LogP contribution in [-0.2, 0) is 14.4 Å². The Hall–Kier alpha value is -2.06. The van der Waals surface area contributed by atoms with E-state index in [1.54, 1.807) is 16.7 Å². The molecule has 3 fully saturated rings. The van der Waals surface area contributed by atoms with Gasteiger partial charge in [-0.2, -0.15) is 0 Å². The van der Waals surface area contributed by atoms with Crippen molar-refractivity contribution in [3.8, 4) is 0 Å². The first-order valence-corrected chi connectivity index (χ1v) is 13.4. The van der Waals surface area contributed by atoms with Crippen LogP contribution in [0.4, 0.5) is 5.69 Å². The van der Waals surface area contributed by atoms with Crippen LogP contribution in [0.25, 0.3) is 0 Å². The van der Waals surface area contributed by atoms with Crippen molar-refractivity contribution in [1.82, 2.24) is 10.2 Å². The van der Waals surface area contributed by atoms with Crippen molar-refractivity contribution in [3.05, 3.63) is 30.3 Å². The molecule has 0 aliphatic carbocycles. The second-order valence-electron chi connectivity index (χ2n) is 10.0. The van der Waals surface area contributed by atoms with E-state index in [9.17, 15) is 19.5 Å². The number of nitrogens with zero attached hydrogens (tertiary/aromatic N) is 1. The third kappa shape index (κ3) is 4.35. The molecular weight excluding hydrogens is 450 g/mol. The second-order valence-corrected chi connectivity index (χ2v) is 11.9. The Morgan fingerprint density at radius 2 is 1.88 bits per heavy atom. The van der Waals surface area contributed by atoms with Gasteiger partial charge in [0.2, 0.25) is 17.7 Å². The lowest BCUT2D eigenvalue weighted by Crippen LogP contribution is -2.54. The molecule has 1 aromatic carbocycles. The summed E-state index contributed by atoms with van der Waals surface area (Å²) in [5.41, 5.74) is 0.716. The van der Waals surface area contributed by atoms with Gasteiger partial charge in [-0.3, -0.25) is 14.4 Å². The Kier molecular flexibility index (Phi) is 7.57. The number of aliphatic hydroxyl groups excluding tert-OH is 1. The van der Waals surface area contributed by atoms with Crippen LogP contribution in [0.15, 0.2) is 30.3 Å². The number of carbonyl (C=O) groups is 3. The number of anilines is 1. The average molecular weight is 488 g/mol. The highest BCUT2D eigenvalue weighted by atomic mass is 32.2. The van der Waals surface area contributed by atoms with E-state index in [4.69, 9.17) is 0 Å². The molecule has 3 saturated heterocycles. The van der Waals surface area contributed by atoms with E-state index in [0.29, 0.717) is 31.6 Å². The molecule has 7 nitrogen and oxygen atoms in total. The monoisotopic (exact) mass is 487 g/mol. The molecule has 3 heterocycles. The highest BCUT2D eigenvalue weighted by Crippen LogP contribution is 2.71. The average Bonchev–Trinajstić information content (AvgIpc) is 3.38. The highest BCUT2D eigenvalue weighted by Gasteiger charge is 2.76. The maximum atomic E-state index is 13.9. The third-order valence-corrected chi connectivity index (χ3v) is 9.72. The minimum atomic E-state index is -0.585. The number of unbranched alkanes of at least 4 members (excludes halogenated alkanes) is 3. The van der Waals surface area contributed by atoms with E-state index in [1.165, 1.54) is 0 Å². The van der Waals surface area contributed by atoms with Crippen LogP contribution in [0.3, 0.4) is 0 Å². The van der Waals surface area contributed by atoms with Gasteiger partial charge >= 0.3 is 0 Å². The molecule has 0 aromatic heterocycles. The number of carbonyl (C=O) groups excluding carboxylic acids is 3. The number of benzene rings is 1. The van der Waals surface area contributed by atoms with Gasteiger partial charge in [-0.05, 0) is 51.2 Å². The third-order valence-electron chi connectivity index (χ3n) is 7.74. The fourth-order valence-electron chi connectivity index (χ4n) is 6.19. The lowest BCUT2D eigenvalue weighted by Gasteiger charge is -2.34. The Labute approximate surface area is 206 Å². The number of fused-ring (bicyclic) bond motifs is 1. The highest BCUT2D eigenvalue weighted by molar-refractivity contribution is 8.02. The summed E-state index contributed by atoms with van der Waals surface area (Å²) in [6.07, 6.45) is 5.80. The molecule has 1 spiro atoms. The molecule has 186 valence electrons. The smallest absolute Gasteiger partial charge is 0.244 e. The van der Waals surface area contributed by atoms with Crippen LogP contribution >= 0.6 is 11.8 Å². The van der Waals surface area contributed by atoms with Gasteiger partial charge in [0.15, 0.2) is 0 Å². The first-order valence-electron chi connectivity index (χ1n) is 12.6. The molecular formula is C26H37N3O4S. The molecule has 2 bridgehead atoms. The van der Waals surface area contributed by atoms with Crippen LogP contribution in [0, 0.1) is 11.8 Å². The molecule has 4 rings (SSSR count). The normalized spacial score (nSPS) is 31.6. The van der Waals surface area contributed by atoms with Crippen molar-refractivity contribution < 1.29 is 19.5 Å². The van der Waals surface area contributed by atoms with Crippen LogP contribution in [0.5, 0.6) is 0 Å². The fourth-order valence-corrected chi connectivity index (χ4v) is 8.54. The minimum Gasteiger partial charge on any atom is -0.396 e. The zero-order chi connectivity index (χ0) is 24.3. The van der Waals surface area contributed by atoms with Gasteiger partial charge in [0.1, 0.15) is 6.04 Å². The zero-order valence-corrected chi connectivity index (χ0v) is 21.0. The van der Waals surface area contributed by atoms with Crippen LogP contribution in [0.1, 0.15) is 58.8 Å². The summed E-state index contributed by atoms with van der Waals surface area (Å²) >= 11 is 1.69. The summed E-state index contributed by atoms with van der Waals surface area (Å²) in [6.45, 7) is 5.29. The van der Waals surface area contributed by atoms with Crippen molar-refractivity contribution in [3.63, 3.8) is 0 Å². The number of thioether (sulfide) groups is 1. The summed E-state index contributed by atoms with van der Waals surface area (Å²) in [7, 11) is 0. The summed E-state index contributed by atoms with van der Waals surface area (Å²) in [4.78, 5) is 42.7. The number of para-hydroxylation sites is 1. The molecule has 1 aromatic rings. The molecule has 0 radical (unpaired) electrons. The van der Waals surface area contributed by atoms with Crippen LogP contribution in [-0.4, -0.2) is 63.0 Å². The molecule has 8 heteroatoms. The van der Waals surface area contributed by atoms with Gasteiger partial charge in [0.05, 0.1) is 16.6 Å². The number of nitrogens with one attached hydrogen (secondary N) is 2. The van der Waals surface area contributed by atoms with Gasteiger partial charge < -0.3 is 20.6 Å². The van der Waals surface area contributed by atoms with Crippen LogP contribution < -0.4 is 10.6 Å². The second kappa shape index (κ2) is 10.3. The van der Waals surface area contributed by atoms with Crippen molar-refractivity contribution in [1.29, 1.82) is 0 Å². The molecule has 3 N–H and O–H groups in total. The van der Waals surface area contributed by atoms with Crippen molar-refractivity contribution >= 4 is 35.2 Å². The minimum absolute atomic E-state index is 0.0550. The van der Waals surface area contributed by atoms with Gasteiger partial charge in [-0.1, -0.05) is 38.0 Å². The quantitative estimate of drug-likeness (QED) is 0.417. The molecule has 34 heavy (non-hydrogen) atoms. The van der Waals surface area contributed by atoms with Crippen molar-refractivity contribution in [2.75, 3.05) is 25.0 Å². The van der Waals surface area contributed by atoms with Gasteiger partial charge in [0.25, 0.3) is 0 Å². The molecule has 5 atom stereocenters. The SMILES string of the molecule is CCCCCNC(=O)C1N(CCCCO)C(=O)[C@@H]2[C@H](C(=O)Nc3ccccc3)[C@]3(C)CCC12S3. The molecule has 3 aliphatic heterocycles. The van der Waals surface area contributed by atoms with E-state index in [2.05, 4.69) is 24.5 Å². The number of hydrogen-bond donors (Lipinski definition) is 3. The van der Waals surface area contributed by atoms with E-state index in [-0.39, 0.29) is 29.1 Å². The first kappa shape index (κ1) is 25.0. The standard InChI is InChI=1S/C26H37N3O4S/c1-3-4-8-15-27-23(32)21-26-14-13-25(2,34-26)19(22(31)28-18-11-6-5-7-12-18)20(26)24(33)29(21)16-9-10-17-30/h5-7,11-12,19-21,30H,3-4,8-10,13-17H2,1-2H3,(H,27,32)(H,28,31)/t19-,20+,21?,25+,26?/m1/s1. The van der Waals surface area contributed by atoms with Gasteiger partial charge in [-0.15, -0.1) is 11.8 Å². The van der Waals surface area contributed by atoms with Crippen molar-refractivity contribution in [2.45, 2.75) is 74.3 Å². The van der Waals surface area contributed by atoms with E-state index < -0.39 is 22.6 Å². The zero-order valence-electron chi connectivity index (χ0n) is 20.2. The number of hydrogen-bond acceptors (Lipinski definition) is 5. The Morgan fingerprint density at radius 1 is 1.12 bits per heavy atom. The number of aliphatic hydroxyl groups is 1. The van der Waals surface area contributed by atoms with Crippen molar-refractivity contribution in [2.24, 2.45) is 11.8 Å². The number of rotatable bonds is 11. The lowest BCUT2D eigenvalue weighted by atomic mass is 9.66. The lowest BCUT2D eigenvalue weighted by molar-refractivity contribution is -0.139. The van der Waals surface area contributed by atoms with Crippen LogP contribution in [0.2, 0.25) is 0 Å². The fraction of sp³-hybridized carbons (Fsp3) is 0.654. The van der Waals surface area contributed by atoms with E-state index >= 15 is 0 Å². The summed E-state index contributed by atoms with van der Waals surface area (Å²) < 4.78 is -0.963. The van der Waals surface area contributed by atoms with Gasteiger partial charge in [0, 0.05) is 30.1 Å². The maximum Gasteiger partial charge on any atom is 0.244 e. The topological polar surface area (TPSA) is 98.7 Å². The van der Waals surface area contributed by atoms with Gasteiger partial charge in [-0.25, -0.2) is 0 Å². The summed E-state index contributed by atoms with van der Waals surface area (Å²) in [5.74, 6) is -1.33. The Morgan fingerprint density at radius 3 is 2.59 bits per heavy atom. The molecule has 2 unspecified atom stereocenters. The maximum absolute atomic E-state index is 13.9. The number of amides is 3. The summed E-state index contributed by atoms with van der Waals surface area (Å²) in [5, 5.41) is 15.4. The van der Waals surface area contributed by atoms with E-state index in [1.807, 2.05) is 30.3 Å². The molecule has 0 saturated carbocycles. The number of likely N-dealkylation sites (tertiary alicyclic amines) is 1. The van der Waals surface area contributed by atoms with E-state index in [0.717, 1.165) is 32.1 Å². The first-order chi connectivity index (χ1) is 16.4. The predicted molar refractivity (Wildman–Crippen MR) is 134 cm³/mol. The molecule has 3 amide bonds.